The van der Waals surface area contributed by atoms with Crippen molar-refractivity contribution in [2.75, 3.05) is 39.3 Å². The first-order valence-electron chi connectivity index (χ1n) is 6.99. The fourth-order valence-corrected chi connectivity index (χ4v) is 2.54. The number of hydrogen-bond acceptors (Lipinski definition) is 3. The smallest absolute Gasteiger partial charge is 0.253 e. The normalized spacial score (nSPS) is 17.3. The van der Waals surface area contributed by atoms with Crippen molar-refractivity contribution in [3.05, 3.63) is 35.4 Å². The lowest BCUT2D eigenvalue weighted by atomic mass is 10.1. The quantitative estimate of drug-likeness (QED) is 0.886. The van der Waals surface area contributed by atoms with Crippen LogP contribution < -0.4 is 5.73 Å². The van der Waals surface area contributed by atoms with E-state index in [0.717, 1.165) is 50.3 Å². The van der Waals surface area contributed by atoms with Crippen LogP contribution in [0.15, 0.2) is 24.3 Å². The van der Waals surface area contributed by atoms with E-state index in [0.29, 0.717) is 6.54 Å². The molecule has 1 aliphatic heterocycles. The van der Waals surface area contributed by atoms with Gasteiger partial charge < -0.3 is 15.5 Å². The number of hydrogen-bond donors (Lipinski definition) is 1. The van der Waals surface area contributed by atoms with Gasteiger partial charge in [-0.25, -0.2) is 0 Å². The molecule has 0 spiro atoms. The van der Waals surface area contributed by atoms with Gasteiger partial charge in [-0.3, -0.25) is 4.79 Å². The van der Waals surface area contributed by atoms with Crippen molar-refractivity contribution < 1.29 is 4.79 Å². The van der Waals surface area contributed by atoms with E-state index in [1.165, 1.54) is 0 Å². The highest BCUT2D eigenvalue weighted by atomic mass is 16.2. The molecule has 0 atom stereocenters. The van der Waals surface area contributed by atoms with Gasteiger partial charge >= 0.3 is 0 Å². The summed E-state index contributed by atoms with van der Waals surface area (Å²) in [6.45, 7) is 7.23. The van der Waals surface area contributed by atoms with Gasteiger partial charge in [-0.05, 0) is 32.0 Å². The van der Waals surface area contributed by atoms with Gasteiger partial charge in [0.05, 0.1) is 0 Å². The van der Waals surface area contributed by atoms with Gasteiger partial charge in [0.25, 0.3) is 5.91 Å². The SMILES string of the molecule is Cc1cccc(C(=O)N2CCCN(CCN)CC2)c1. The minimum Gasteiger partial charge on any atom is -0.337 e. The summed E-state index contributed by atoms with van der Waals surface area (Å²) in [6, 6.07) is 7.83. The van der Waals surface area contributed by atoms with E-state index >= 15 is 0 Å². The number of aryl methyl sites for hydroxylation is 1. The first-order valence-corrected chi connectivity index (χ1v) is 6.99. The van der Waals surface area contributed by atoms with Crippen LogP contribution in [0.25, 0.3) is 0 Å². The summed E-state index contributed by atoms with van der Waals surface area (Å²) >= 11 is 0. The Morgan fingerprint density at radius 3 is 2.84 bits per heavy atom. The van der Waals surface area contributed by atoms with Crippen LogP contribution in [0.5, 0.6) is 0 Å². The summed E-state index contributed by atoms with van der Waals surface area (Å²) in [7, 11) is 0. The number of amides is 1. The molecule has 1 aliphatic rings. The zero-order valence-corrected chi connectivity index (χ0v) is 11.6. The highest BCUT2D eigenvalue weighted by Crippen LogP contribution is 2.10. The molecule has 2 N–H and O–H groups in total. The first-order chi connectivity index (χ1) is 9.20. The summed E-state index contributed by atoms with van der Waals surface area (Å²) in [5.74, 6) is 0.151. The molecule has 0 bridgehead atoms. The Labute approximate surface area is 115 Å². The van der Waals surface area contributed by atoms with E-state index in [2.05, 4.69) is 4.90 Å². The molecule has 0 saturated carbocycles. The van der Waals surface area contributed by atoms with Crippen molar-refractivity contribution in [3.8, 4) is 0 Å². The largest absolute Gasteiger partial charge is 0.337 e. The van der Waals surface area contributed by atoms with Crippen molar-refractivity contribution in [1.29, 1.82) is 0 Å². The van der Waals surface area contributed by atoms with Crippen LogP contribution in [-0.2, 0) is 0 Å². The fraction of sp³-hybridized carbons (Fsp3) is 0.533. The zero-order chi connectivity index (χ0) is 13.7. The third-order valence-electron chi connectivity index (χ3n) is 3.59. The van der Waals surface area contributed by atoms with E-state index in [1.807, 2.05) is 36.1 Å². The second-order valence-corrected chi connectivity index (χ2v) is 5.15. The maximum Gasteiger partial charge on any atom is 0.253 e. The molecule has 1 aromatic rings. The minimum absolute atomic E-state index is 0.151. The molecule has 0 aliphatic carbocycles. The molecule has 0 aromatic heterocycles. The highest BCUT2D eigenvalue weighted by Gasteiger charge is 2.19. The predicted octanol–water partition coefficient (Wildman–Crippen LogP) is 1.10. The summed E-state index contributed by atoms with van der Waals surface area (Å²) in [4.78, 5) is 16.8. The number of rotatable bonds is 3. The van der Waals surface area contributed by atoms with Crippen LogP contribution >= 0.6 is 0 Å². The molecule has 104 valence electrons. The number of carbonyl (C=O) groups is 1. The van der Waals surface area contributed by atoms with Crippen LogP contribution in [-0.4, -0.2) is 55.0 Å². The first kappa shape index (κ1) is 14.0. The van der Waals surface area contributed by atoms with Gasteiger partial charge in [-0.2, -0.15) is 0 Å². The summed E-state index contributed by atoms with van der Waals surface area (Å²) in [5, 5.41) is 0. The van der Waals surface area contributed by atoms with Crippen molar-refractivity contribution >= 4 is 5.91 Å². The third kappa shape index (κ3) is 3.78. The Morgan fingerprint density at radius 2 is 2.11 bits per heavy atom. The average molecular weight is 261 g/mol. The van der Waals surface area contributed by atoms with E-state index in [-0.39, 0.29) is 5.91 Å². The topological polar surface area (TPSA) is 49.6 Å². The Morgan fingerprint density at radius 1 is 1.26 bits per heavy atom. The predicted molar refractivity (Wildman–Crippen MR) is 77.2 cm³/mol. The molecule has 4 nitrogen and oxygen atoms in total. The molecule has 1 heterocycles. The van der Waals surface area contributed by atoms with Gasteiger partial charge in [-0.15, -0.1) is 0 Å². The van der Waals surface area contributed by atoms with Crippen LogP contribution in [0, 0.1) is 6.92 Å². The van der Waals surface area contributed by atoms with Gasteiger partial charge in [-0.1, -0.05) is 17.7 Å². The monoisotopic (exact) mass is 261 g/mol. The number of carbonyl (C=O) groups excluding carboxylic acids is 1. The standard InChI is InChI=1S/C15H23N3O/c1-13-4-2-5-14(12-13)15(19)18-8-3-7-17(9-6-16)10-11-18/h2,4-5,12H,3,6-11,16H2,1H3. The van der Waals surface area contributed by atoms with Crippen molar-refractivity contribution in [2.45, 2.75) is 13.3 Å². The van der Waals surface area contributed by atoms with E-state index in [9.17, 15) is 4.79 Å². The Hall–Kier alpha value is -1.39. The van der Waals surface area contributed by atoms with Crippen molar-refractivity contribution in [2.24, 2.45) is 5.73 Å². The molecule has 0 unspecified atom stereocenters. The van der Waals surface area contributed by atoms with Crippen LogP contribution in [0.1, 0.15) is 22.3 Å². The van der Waals surface area contributed by atoms with Gasteiger partial charge in [0.15, 0.2) is 0 Å². The average Bonchev–Trinajstić information content (AvgIpc) is 2.64. The summed E-state index contributed by atoms with van der Waals surface area (Å²) in [5.41, 5.74) is 7.52. The molecule has 1 fully saturated rings. The maximum absolute atomic E-state index is 12.5. The molecule has 1 amide bonds. The molecule has 1 aromatic carbocycles. The van der Waals surface area contributed by atoms with E-state index in [1.54, 1.807) is 0 Å². The molecule has 1 saturated heterocycles. The second-order valence-electron chi connectivity index (χ2n) is 5.15. The fourth-order valence-electron chi connectivity index (χ4n) is 2.54. The second kappa shape index (κ2) is 6.68. The lowest BCUT2D eigenvalue weighted by molar-refractivity contribution is 0.0761. The number of nitrogens with zero attached hydrogens (tertiary/aromatic N) is 2. The summed E-state index contributed by atoms with van der Waals surface area (Å²) < 4.78 is 0. The molecular formula is C15H23N3O. The maximum atomic E-state index is 12.5. The van der Waals surface area contributed by atoms with Gasteiger partial charge in [0.2, 0.25) is 0 Å². The highest BCUT2D eigenvalue weighted by molar-refractivity contribution is 5.94. The molecule has 4 heteroatoms. The Balaban J connectivity index is 2.00. The minimum atomic E-state index is 0.151. The zero-order valence-electron chi connectivity index (χ0n) is 11.6. The lowest BCUT2D eigenvalue weighted by Gasteiger charge is -2.21. The van der Waals surface area contributed by atoms with Crippen molar-refractivity contribution in [1.82, 2.24) is 9.80 Å². The Bertz CT molecular complexity index is 433. The van der Waals surface area contributed by atoms with Crippen LogP contribution in [0.3, 0.4) is 0 Å². The van der Waals surface area contributed by atoms with Crippen LogP contribution in [0.2, 0.25) is 0 Å². The number of benzene rings is 1. The molecule has 0 radical (unpaired) electrons. The third-order valence-corrected chi connectivity index (χ3v) is 3.59. The molecular weight excluding hydrogens is 238 g/mol. The summed E-state index contributed by atoms with van der Waals surface area (Å²) in [6.07, 6.45) is 1.03. The van der Waals surface area contributed by atoms with Crippen LogP contribution in [0.4, 0.5) is 0 Å². The van der Waals surface area contributed by atoms with E-state index < -0.39 is 0 Å². The Kier molecular flexibility index (Phi) is 4.93. The number of nitrogens with two attached hydrogens (primary N) is 1. The van der Waals surface area contributed by atoms with Gasteiger partial charge in [0, 0.05) is 38.3 Å². The molecule has 2 rings (SSSR count). The molecule has 19 heavy (non-hydrogen) atoms. The van der Waals surface area contributed by atoms with Gasteiger partial charge in [0.1, 0.15) is 0 Å². The van der Waals surface area contributed by atoms with E-state index in [4.69, 9.17) is 5.73 Å². The van der Waals surface area contributed by atoms with Crippen molar-refractivity contribution in [3.63, 3.8) is 0 Å². The lowest BCUT2D eigenvalue weighted by Crippen LogP contribution is -2.36.